The number of hydrogen-bond acceptors (Lipinski definition) is 3. The molecular formula is C48H28N2S2. The van der Waals surface area contributed by atoms with Crippen LogP contribution < -0.4 is 0 Å². The molecule has 12 rings (SSSR count). The molecule has 0 bridgehead atoms. The van der Waals surface area contributed by atoms with E-state index in [4.69, 9.17) is 4.98 Å². The summed E-state index contributed by atoms with van der Waals surface area (Å²) < 4.78 is 7.72. The number of hydrogen-bond donors (Lipinski definition) is 0. The Balaban J connectivity index is 1.33. The molecule has 4 heterocycles. The Kier molecular flexibility index (Phi) is 5.77. The maximum absolute atomic E-state index is 5.67. The molecule has 0 aliphatic heterocycles. The Morgan fingerprint density at radius 2 is 1.12 bits per heavy atom. The fourth-order valence-corrected chi connectivity index (χ4v) is 11.4. The molecule has 12 aromatic rings. The van der Waals surface area contributed by atoms with Crippen molar-refractivity contribution < 1.29 is 0 Å². The van der Waals surface area contributed by atoms with Gasteiger partial charge in [-0.05, 0) is 64.4 Å². The number of aromatic nitrogens is 2. The van der Waals surface area contributed by atoms with Crippen LogP contribution in [0.15, 0.2) is 152 Å². The van der Waals surface area contributed by atoms with E-state index in [9.17, 15) is 0 Å². The molecule has 2 nitrogen and oxygen atoms in total. The van der Waals surface area contributed by atoms with Gasteiger partial charge in [0.25, 0.3) is 0 Å². The molecule has 0 unspecified atom stereocenters. The minimum Gasteiger partial charge on any atom is -0.292 e. The molecule has 242 valence electrons. The normalized spacial score (nSPS) is 12.3. The highest BCUT2D eigenvalue weighted by Crippen LogP contribution is 2.50. The first-order chi connectivity index (χ1) is 25.7. The monoisotopic (exact) mass is 696 g/mol. The summed E-state index contributed by atoms with van der Waals surface area (Å²) in [6.45, 7) is 2.29. The summed E-state index contributed by atoms with van der Waals surface area (Å²) in [5.41, 5.74) is 7.07. The highest BCUT2D eigenvalue weighted by molar-refractivity contribution is 7.27. The molecular weight excluding hydrogens is 669 g/mol. The van der Waals surface area contributed by atoms with Crippen LogP contribution >= 0.6 is 22.7 Å². The average molecular weight is 697 g/mol. The third-order valence-corrected chi connectivity index (χ3v) is 13.5. The van der Waals surface area contributed by atoms with Gasteiger partial charge in [-0.3, -0.25) is 4.57 Å². The third kappa shape index (κ3) is 3.75. The lowest BCUT2D eigenvalue weighted by molar-refractivity contribution is 1.10. The number of pyridine rings is 1. The number of rotatable bonds is 2. The van der Waals surface area contributed by atoms with Crippen molar-refractivity contribution in [2.45, 2.75) is 6.92 Å². The summed E-state index contributed by atoms with van der Waals surface area (Å²) in [5, 5.41) is 14.1. The van der Waals surface area contributed by atoms with Crippen LogP contribution in [0.3, 0.4) is 0 Å². The topological polar surface area (TPSA) is 17.8 Å². The molecule has 0 aliphatic carbocycles. The Bertz CT molecular complexity index is 3490. The summed E-state index contributed by atoms with van der Waals surface area (Å²) in [6, 6.07) is 55.7. The van der Waals surface area contributed by atoms with Gasteiger partial charge >= 0.3 is 0 Å². The molecule has 4 heteroatoms. The summed E-state index contributed by atoms with van der Waals surface area (Å²) in [6.07, 6.45) is 0. The second-order valence-corrected chi connectivity index (χ2v) is 16.0. The van der Waals surface area contributed by atoms with Gasteiger partial charge in [0.05, 0.1) is 21.3 Å². The summed E-state index contributed by atoms with van der Waals surface area (Å²) >= 11 is 3.80. The van der Waals surface area contributed by atoms with Crippen molar-refractivity contribution >= 4 is 117 Å². The van der Waals surface area contributed by atoms with Crippen molar-refractivity contribution in [2.75, 3.05) is 0 Å². The van der Waals surface area contributed by atoms with Gasteiger partial charge in [0.1, 0.15) is 5.82 Å². The smallest absolute Gasteiger partial charge is 0.146 e. The van der Waals surface area contributed by atoms with Gasteiger partial charge in [-0.1, -0.05) is 121 Å². The Morgan fingerprint density at radius 1 is 0.481 bits per heavy atom. The van der Waals surface area contributed by atoms with E-state index in [2.05, 4.69) is 163 Å². The van der Waals surface area contributed by atoms with Crippen LogP contribution in [0.1, 0.15) is 5.56 Å². The Morgan fingerprint density at radius 3 is 1.96 bits per heavy atom. The standard InChI is InChI=1S/C48H28N2S2/c1-27-30-15-6-9-22-38(30)49-48(42(27)36-21-12-20-34-31-16-8-11-24-40(31)51-46(34)36)50-39-23-10-7-19-35(39)43-32-17-4-5-18-33(32)44-37-25-28-13-2-3-14-29(28)26-41(37)52-47(44)45(43)50/h2-26H,1H3. The number of thiophene rings is 2. The molecule has 0 spiro atoms. The minimum absolute atomic E-state index is 0.978. The predicted octanol–water partition coefficient (Wildman–Crippen LogP) is 14.3. The zero-order valence-corrected chi connectivity index (χ0v) is 29.8. The fraction of sp³-hybridized carbons (Fsp3) is 0.0208. The summed E-state index contributed by atoms with van der Waals surface area (Å²) in [4.78, 5) is 5.67. The number of nitrogens with zero attached hydrogens (tertiary/aromatic N) is 2. The Labute approximate surface area is 306 Å². The zero-order chi connectivity index (χ0) is 34.1. The first-order valence-electron chi connectivity index (χ1n) is 17.7. The van der Waals surface area contributed by atoms with E-state index in [-0.39, 0.29) is 0 Å². The van der Waals surface area contributed by atoms with E-state index in [1.807, 2.05) is 22.7 Å². The van der Waals surface area contributed by atoms with Gasteiger partial charge in [-0.25, -0.2) is 4.98 Å². The maximum Gasteiger partial charge on any atom is 0.146 e. The van der Waals surface area contributed by atoms with E-state index in [1.54, 1.807) is 0 Å². The van der Waals surface area contributed by atoms with E-state index in [0.717, 1.165) is 11.3 Å². The first kappa shape index (κ1) is 28.6. The minimum atomic E-state index is 0.978. The molecule has 0 aliphatic rings. The highest BCUT2D eigenvalue weighted by atomic mass is 32.1. The van der Waals surface area contributed by atoms with Gasteiger partial charge in [-0.15, -0.1) is 22.7 Å². The fourth-order valence-electron chi connectivity index (χ4n) is 8.87. The van der Waals surface area contributed by atoms with Crippen LogP contribution in [0.4, 0.5) is 0 Å². The Hall–Kier alpha value is -6.07. The lowest BCUT2D eigenvalue weighted by Gasteiger charge is -2.18. The van der Waals surface area contributed by atoms with Gasteiger partial charge in [-0.2, -0.15) is 0 Å². The predicted molar refractivity (Wildman–Crippen MR) is 227 cm³/mol. The quantitative estimate of drug-likeness (QED) is 0.176. The SMILES string of the molecule is Cc1c(-c2cccc3c2sc2ccccc23)c(-n2c3ccccc3c3c4ccccc4c4c5cc6ccccc6cc5sc4c32)nc2ccccc12. The molecule has 0 saturated carbocycles. The summed E-state index contributed by atoms with van der Waals surface area (Å²) in [7, 11) is 0. The van der Waals surface area contributed by atoms with Gasteiger partial charge in [0, 0.05) is 62.9 Å². The highest BCUT2D eigenvalue weighted by Gasteiger charge is 2.26. The summed E-state index contributed by atoms with van der Waals surface area (Å²) in [5.74, 6) is 0.978. The van der Waals surface area contributed by atoms with Crippen molar-refractivity contribution in [3.8, 4) is 16.9 Å². The lowest BCUT2D eigenvalue weighted by atomic mass is 9.96. The molecule has 8 aromatic carbocycles. The van der Waals surface area contributed by atoms with Crippen molar-refractivity contribution in [1.29, 1.82) is 0 Å². The van der Waals surface area contributed by atoms with E-state index >= 15 is 0 Å². The third-order valence-electron chi connectivity index (χ3n) is 11.1. The molecule has 0 fully saturated rings. The number of aryl methyl sites for hydroxylation is 1. The van der Waals surface area contributed by atoms with Gasteiger partial charge in [0.15, 0.2) is 0 Å². The van der Waals surface area contributed by atoms with Crippen molar-refractivity contribution in [2.24, 2.45) is 0 Å². The van der Waals surface area contributed by atoms with Crippen LogP contribution in [0.5, 0.6) is 0 Å². The number of fused-ring (bicyclic) bond motifs is 15. The van der Waals surface area contributed by atoms with E-state index in [0.29, 0.717) is 0 Å². The average Bonchev–Trinajstić information content (AvgIpc) is 3.87. The molecule has 52 heavy (non-hydrogen) atoms. The van der Waals surface area contributed by atoms with Crippen LogP contribution in [0.25, 0.3) is 112 Å². The molecule has 4 aromatic heterocycles. The second kappa shape index (κ2) is 10.5. The number of benzene rings is 8. The van der Waals surface area contributed by atoms with Crippen molar-refractivity contribution in [3.63, 3.8) is 0 Å². The first-order valence-corrected chi connectivity index (χ1v) is 19.4. The number of para-hydroxylation sites is 2. The lowest BCUT2D eigenvalue weighted by Crippen LogP contribution is -2.04. The molecule has 0 radical (unpaired) electrons. The van der Waals surface area contributed by atoms with E-state index in [1.165, 1.54) is 106 Å². The molecule has 0 amide bonds. The molecule has 0 saturated heterocycles. The van der Waals surface area contributed by atoms with Crippen LogP contribution in [-0.4, -0.2) is 9.55 Å². The molecule has 0 N–H and O–H groups in total. The van der Waals surface area contributed by atoms with Gasteiger partial charge in [0.2, 0.25) is 0 Å². The van der Waals surface area contributed by atoms with Crippen LogP contribution in [-0.2, 0) is 0 Å². The van der Waals surface area contributed by atoms with Crippen molar-refractivity contribution in [1.82, 2.24) is 9.55 Å². The second-order valence-electron chi connectivity index (χ2n) is 13.9. The zero-order valence-electron chi connectivity index (χ0n) is 28.1. The molecule has 0 atom stereocenters. The van der Waals surface area contributed by atoms with Crippen molar-refractivity contribution in [3.05, 3.63) is 157 Å². The van der Waals surface area contributed by atoms with Crippen LogP contribution in [0.2, 0.25) is 0 Å². The largest absolute Gasteiger partial charge is 0.292 e. The van der Waals surface area contributed by atoms with Gasteiger partial charge < -0.3 is 0 Å². The van der Waals surface area contributed by atoms with Crippen LogP contribution in [0, 0.1) is 6.92 Å². The maximum atomic E-state index is 5.67. The van der Waals surface area contributed by atoms with E-state index < -0.39 is 0 Å².